The zero-order valence-electron chi connectivity index (χ0n) is 15.7. The van der Waals surface area contributed by atoms with Crippen molar-refractivity contribution >= 4 is 27.6 Å². The summed E-state index contributed by atoms with van der Waals surface area (Å²) in [7, 11) is 3.58. The van der Waals surface area contributed by atoms with E-state index in [1.165, 1.54) is 0 Å². The van der Waals surface area contributed by atoms with Gasteiger partial charge in [-0.25, -0.2) is 14.6 Å². The summed E-state index contributed by atoms with van der Waals surface area (Å²) in [4.78, 5) is 24.0. The van der Waals surface area contributed by atoms with Gasteiger partial charge in [0.2, 0.25) is 5.88 Å². The van der Waals surface area contributed by atoms with Crippen molar-refractivity contribution in [1.29, 1.82) is 0 Å². The highest BCUT2D eigenvalue weighted by Gasteiger charge is 2.20. The lowest BCUT2D eigenvalue weighted by Gasteiger charge is -2.25. The largest absolute Gasteiger partial charge is 0.480 e. The third-order valence-electron chi connectivity index (χ3n) is 5.27. The van der Waals surface area contributed by atoms with Crippen LogP contribution in [0.25, 0.3) is 33.1 Å². The molecule has 0 bridgehead atoms. The second kappa shape index (κ2) is 6.07. The normalized spacial score (nSPS) is 14.5. The van der Waals surface area contributed by atoms with Gasteiger partial charge >= 0.3 is 0 Å². The molecule has 28 heavy (non-hydrogen) atoms. The number of nitrogens with two attached hydrogens (primary N) is 1. The maximum absolute atomic E-state index is 12.8. The summed E-state index contributed by atoms with van der Waals surface area (Å²) in [6.45, 7) is 2.18. The van der Waals surface area contributed by atoms with Crippen molar-refractivity contribution in [3.63, 3.8) is 0 Å². The number of fused-ring (bicyclic) bond motifs is 4. The maximum atomic E-state index is 12.8. The van der Waals surface area contributed by atoms with Crippen LogP contribution in [-0.2, 0) is 13.2 Å². The molecule has 1 aliphatic heterocycles. The third-order valence-corrected chi connectivity index (χ3v) is 5.27. The summed E-state index contributed by atoms with van der Waals surface area (Å²) in [6, 6.07) is 9.73. The highest BCUT2D eigenvalue weighted by molar-refractivity contribution is 5.93. The molecular formula is C20H20N6O2. The lowest BCUT2D eigenvalue weighted by atomic mass is 10.0. The molecule has 0 spiro atoms. The lowest BCUT2D eigenvalue weighted by molar-refractivity contribution is 0.174. The van der Waals surface area contributed by atoms with Gasteiger partial charge in [0.25, 0.3) is 5.56 Å². The number of hydrogen-bond donors (Lipinski definition) is 1. The second-order valence-electron chi connectivity index (χ2n) is 7.14. The number of methoxy groups -OCH3 is 1. The Labute approximate surface area is 160 Å². The van der Waals surface area contributed by atoms with Crippen molar-refractivity contribution in [3.8, 4) is 17.0 Å². The summed E-state index contributed by atoms with van der Waals surface area (Å²) in [5.74, 6) is 0.408. The Kier molecular flexibility index (Phi) is 3.63. The van der Waals surface area contributed by atoms with Gasteiger partial charge in [-0.2, -0.15) is 0 Å². The predicted molar refractivity (Wildman–Crippen MR) is 108 cm³/mol. The summed E-state index contributed by atoms with van der Waals surface area (Å²) < 4.78 is 8.87. The maximum Gasteiger partial charge on any atom is 0.276 e. The van der Waals surface area contributed by atoms with Crippen LogP contribution in [0.15, 0.2) is 41.3 Å². The molecule has 8 nitrogen and oxygen atoms in total. The van der Waals surface area contributed by atoms with Crippen molar-refractivity contribution < 1.29 is 4.74 Å². The molecule has 0 unspecified atom stereocenters. The SMILES string of the molecule is COc1ncc(-c2ccc3nc4c(cc3c2)c(=O)n2n4CN(C)CC2)cc1N. The quantitative estimate of drug-likeness (QED) is 0.575. The molecule has 0 radical (unpaired) electrons. The fraction of sp³-hybridized carbons (Fsp3) is 0.250. The number of anilines is 1. The number of aromatic nitrogens is 4. The molecule has 0 saturated heterocycles. The number of pyridine rings is 2. The van der Waals surface area contributed by atoms with E-state index in [1.807, 2.05) is 42.1 Å². The predicted octanol–water partition coefficient (Wildman–Crippen LogP) is 1.91. The van der Waals surface area contributed by atoms with Gasteiger partial charge in [-0.05, 0) is 36.9 Å². The monoisotopic (exact) mass is 376 g/mol. The fourth-order valence-corrected chi connectivity index (χ4v) is 3.79. The van der Waals surface area contributed by atoms with Crippen molar-refractivity contribution in [2.24, 2.45) is 0 Å². The molecule has 3 aromatic heterocycles. The second-order valence-corrected chi connectivity index (χ2v) is 7.14. The molecule has 0 fully saturated rings. The number of hydrogen-bond acceptors (Lipinski definition) is 6. The Bertz CT molecular complexity index is 1290. The summed E-state index contributed by atoms with van der Waals surface area (Å²) >= 11 is 0. The van der Waals surface area contributed by atoms with Gasteiger partial charge in [0, 0.05) is 23.7 Å². The highest BCUT2D eigenvalue weighted by Crippen LogP contribution is 2.29. The first-order chi connectivity index (χ1) is 13.5. The number of rotatable bonds is 2. The molecule has 5 rings (SSSR count). The summed E-state index contributed by atoms with van der Waals surface area (Å²) in [5.41, 5.74) is 9.91. The van der Waals surface area contributed by atoms with Crippen LogP contribution >= 0.6 is 0 Å². The highest BCUT2D eigenvalue weighted by atomic mass is 16.5. The Balaban J connectivity index is 1.68. The van der Waals surface area contributed by atoms with Gasteiger partial charge in [0.15, 0.2) is 5.65 Å². The molecule has 0 aliphatic carbocycles. The minimum atomic E-state index is 0.0123. The van der Waals surface area contributed by atoms with Crippen LogP contribution in [0.3, 0.4) is 0 Å². The van der Waals surface area contributed by atoms with Crippen molar-refractivity contribution in [2.45, 2.75) is 13.2 Å². The van der Waals surface area contributed by atoms with Crippen molar-refractivity contribution in [2.75, 3.05) is 26.4 Å². The molecule has 0 saturated carbocycles. The number of nitrogens with zero attached hydrogens (tertiary/aromatic N) is 5. The molecule has 2 N–H and O–H groups in total. The molecular weight excluding hydrogens is 356 g/mol. The van der Waals surface area contributed by atoms with E-state index in [1.54, 1.807) is 18.0 Å². The van der Waals surface area contributed by atoms with Crippen LogP contribution in [0.4, 0.5) is 5.69 Å². The standard InChI is InChI=1S/C20H20N6O2/c1-24-5-6-25-20(27)15-8-13-7-12(14-9-16(21)19(28-2)22-10-14)3-4-17(13)23-18(15)26(25)11-24/h3-4,7-10H,5-6,11,21H2,1-2H3. The minimum absolute atomic E-state index is 0.0123. The van der Waals surface area contributed by atoms with Crippen LogP contribution in [0.5, 0.6) is 5.88 Å². The molecule has 142 valence electrons. The van der Waals surface area contributed by atoms with E-state index in [2.05, 4.69) is 9.88 Å². The van der Waals surface area contributed by atoms with E-state index in [0.717, 1.165) is 34.2 Å². The van der Waals surface area contributed by atoms with E-state index in [0.29, 0.717) is 30.2 Å². The van der Waals surface area contributed by atoms with Crippen LogP contribution in [0.1, 0.15) is 0 Å². The van der Waals surface area contributed by atoms with Gasteiger partial charge in [-0.1, -0.05) is 6.07 Å². The van der Waals surface area contributed by atoms with Gasteiger partial charge < -0.3 is 10.5 Å². The average molecular weight is 376 g/mol. The summed E-state index contributed by atoms with van der Waals surface area (Å²) in [6.07, 6.45) is 1.73. The van der Waals surface area contributed by atoms with Crippen LogP contribution in [-0.4, -0.2) is 44.9 Å². The lowest BCUT2D eigenvalue weighted by Crippen LogP contribution is -2.39. The van der Waals surface area contributed by atoms with E-state index in [-0.39, 0.29) is 5.56 Å². The van der Waals surface area contributed by atoms with Crippen LogP contribution in [0.2, 0.25) is 0 Å². The van der Waals surface area contributed by atoms with Gasteiger partial charge in [-0.15, -0.1) is 0 Å². The van der Waals surface area contributed by atoms with Crippen LogP contribution < -0.4 is 16.0 Å². The van der Waals surface area contributed by atoms with Gasteiger partial charge in [0.1, 0.15) is 0 Å². The minimum Gasteiger partial charge on any atom is -0.480 e. The summed E-state index contributed by atoms with van der Waals surface area (Å²) in [5, 5.41) is 1.56. The Hall–Kier alpha value is -3.39. The van der Waals surface area contributed by atoms with Crippen molar-refractivity contribution in [1.82, 2.24) is 24.2 Å². The number of benzene rings is 1. The van der Waals surface area contributed by atoms with E-state index < -0.39 is 0 Å². The third kappa shape index (κ3) is 2.45. The van der Waals surface area contributed by atoms with E-state index in [4.69, 9.17) is 15.5 Å². The zero-order valence-corrected chi connectivity index (χ0v) is 15.7. The Morgan fingerprint density at radius 1 is 1.11 bits per heavy atom. The fourth-order valence-electron chi connectivity index (χ4n) is 3.79. The first-order valence-electron chi connectivity index (χ1n) is 9.07. The average Bonchev–Trinajstić information content (AvgIpc) is 2.97. The molecule has 4 aromatic rings. The molecule has 4 heterocycles. The zero-order chi connectivity index (χ0) is 19.4. The van der Waals surface area contributed by atoms with Gasteiger partial charge in [-0.3, -0.25) is 14.4 Å². The van der Waals surface area contributed by atoms with Crippen molar-refractivity contribution in [3.05, 3.63) is 46.9 Å². The van der Waals surface area contributed by atoms with E-state index >= 15 is 0 Å². The first kappa shape index (κ1) is 16.8. The number of likely N-dealkylation sites (N-methyl/N-ethyl adjacent to an activating group) is 1. The van der Waals surface area contributed by atoms with E-state index in [9.17, 15) is 4.79 Å². The molecule has 0 amide bonds. The smallest absolute Gasteiger partial charge is 0.276 e. The molecule has 1 aromatic carbocycles. The Morgan fingerprint density at radius 3 is 2.75 bits per heavy atom. The van der Waals surface area contributed by atoms with Crippen LogP contribution in [0, 0.1) is 0 Å². The molecule has 8 heteroatoms. The topological polar surface area (TPSA) is 91.2 Å². The Morgan fingerprint density at radius 2 is 1.96 bits per heavy atom. The number of ether oxygens (including phenoxy) is 1. The molecule has 0 atom stereocenters. The number of nitrogen functional groups attached to an aromatic ring is 1. The first-order valence-corrected chi connectivity index (χ1v) is 9.07. The van der Waals surface area contributed by atoms with Gasteiger partial charge in [0.05, 0.1) is 36.9 Å². The molecule has 1 aliphatic rings.